The second kappa shape index (κ2) is 6.42. The maximum atomic E-state index is 11.5. The van der Waals surface area contributed by atoms with Crippen LogP contribution >= 0.6 is 11.3 Å². The van der Waals surface area contributed by atoms with Crippen LogP contribution in [-0.4, -0.2) is 27.4 Å². The number of carbonyl (C=O) groups excluding carboxylic acids is 1. The Morgan fingerprint density at radius 3 is 2.60 bits per heavy atom. The summed E-state index contributed by atoms with van der Waals surface area (Å²) in [6.45, 7) is 6.36. The lowest BCUT2D eigenvalue weighted by molar-refractivity contribution is -0.120. The van der Waals surface area contributed by atoms with Gasteiger partial charge in [0.25, 0.3) is 0 Å². The van der Waals surface area contributed by atoms with Crippen molar-refractivity contribution in [2.75, 3.05) is 11.9 Å². The number of aryl methyl sites for hydroxylation is 2. The Hall–Kier alpha value is -2.02. The van der Waals surface area contributed by atoms with Gasteiger partial charge in [-0.25, -0.2) is 15.0 Å². The number of aromatic nitrogens is 3. The first-order chi connectivity index (χ1) is 9.56. The lowest BCUT2D eigenvalue weighted by atomic mass is 10.3. The van der Waals surface area contributed by atoms with Crippen LogP contribution < -0.4 is 10.6 Å². The Morgan fingerprint density at radius 1 is 1.25 bits per heavy atom. The average molecular weight is 291 g/mol. The molecule has 0 saturated carbocycles. The van der Waals surface area contributed by atoms with Crippen LogP contribution in [0.1, 0.15) is 24.0 Å². The van der Waals surface area contributed by atoms with Crippen molar-refractivity contribution in [3.05, 3.63) is 28.5 Å². The van der Waals surface area contributed by atoms with E-state index in [1.165, 1.54) is 11.3 Å². The fourth-order valence-corrected chi connectivity index (χ4v) is 2.45. The van der Waals surface area contributed by atoms with Gasteiger partial charge in [0.05, 0.1) is 12.1 Å². The van der Waals surface area contributed by atoms with Gasteiger partial charge in [0.1, 0.15) is 0 Å². The van der Waals surface area contributed by atoms with Crippen LogP contribution in [0, 0.1) is 13.8 Å². The second-order valence-corrected chi connectivity index (χ2v) is 5.23. The number of hydrogen-bond donors (Lipinski definition) is 2. The SMILES string of the molecule is CCNC(=O)Cc1csc(Nc2nc(C)cc(C)n2)n1. The molecule has 0 aromatic carbocycles. The van der Waals surface area contributed by atoms with Crippen molar-refractivity contribution < 1.29 is 4.79 Å². The van der Waals surface area contributed by atoms with Gasteiger partial charge in [0, 0.05) is 23.3 Å². The first-order valence-corrected chi connectivity index (χ1v) is 7.25. The largest absolute Gasteiger partial charge is 0.356 e. The van der Waals surface area contributed by atoms with E-state index in [0.717, 1.165) is 17.1 Å². The number of anilines is 2. The molecule has 106 valence electrons. The number of rotatable bonds is 5. The summed E-state index contributed by atoms with van der Waals surface area (Å²) in [5, 5.41) is 8.36. The zero-order chi connectivity index (χ0) is 14.5. The summed E-state index contributed by atoms with van der Waals surface area (Å²) in [4.78, 5) is 24.4. The Balaban J connectivity index is 2.03. The minimum absolute atomic E-state index is 0.0213. The number of amides is 1. The number of likely N-dealkylation sites (N-methyl/N-ethyl adjacent to an activating group) is 1. The van der Waals surface area contributed by atoms with Crippen LogP contribution in [0.4, 0.5) is 11.1 Å². The van der Waals surface area contributed by atoms with Crippen molar-refractivity contribution in [2.24, 2.45) is 0 Å². The quantitative estimate of drug-likeness (QED) is 0.880. The summed E-state index contributed by atoms with van der Waals surface area (Å²) in [6, 6.07) is 1.91. The van der Waals surface area contributed by atoms with Crippen molar-refractivity contribution in [3.63, 3.8) is 0 Å². The third kappa shape index (κ3) is 3.99. The average Bonchev–Trinajstić information content (AvgIpc) is 2.75. The maximum Gasteiger partial charge on any atom is 0.229 e. The van der Waals surface area contributed by atoms with E-state index in [-0.39, 0.29) is 5.91 Å². The summed E-state index contributed by atoms with van der Waals surface area (Å²) < 4.78 is 0. The van der Waals surface area contributed by atoms with E-state index in [2.05, 4.69) is 25.6 Å². The molecule has 6 nitrogen and oxygen atoms in total. The van der Waals surface area contributed by atoms with Crippen molar-refractivity contribution in [1.29, 1.82) is 0 Å². The van der Waals surface area contributed by atoms with Gasteiger partial charge in [0.15, 0.2) is 5.13 Å². The zero-order valence-electron chi connectivity index (χ0n) is 11.7. The minimum Gasteiger partial charge on any atom is -0.356 e. The highest BCUT2D eigenvalue weighted by molar-refractivity contribution is 7.13. The molecule has 2 aromatic heterocycles. The van der Waals surface area contributed by atoms with Gasteiger partial charge in [-0.05, 0) is 26.8 Å². The molecule has 0 bridgehead atoms. The highest BCUT2D eigenvalue weighted by Crippen LogP contribution is 2.19. The van der Waals surface area contributed by atoms with E-state index in [1.807, 2.05) is 32.2 Å². The molecule has 0 spiro atoms. The van der Waals surface area contributed by atoms with Crippen LogP contribution in [0.15, 0.2) is 11.4 Å². The smallest absolute Gasteiger partial charge is 0.229 e. The topological polar surface area (TPSA) is 79.8 Å². The number of nitrogens with zero attached hydrogens (tertiary/aromatic N) is 3. The van der Waals surface area contributed by atoms with E-state index >= 15 is 0 Å². The molecule has 1 amide bonds. The Morgan fingerprint density at radius 2 is 1.95 bits per heavy atom. The van der Waals surface area contributed by atoms with Gasteiger partial charge in [-0.3, -0.25) is 4.79 Å². The van der Waals surface area contributed by atoms with Crippen molar-refractivity contribution in [3.8, 4) is 0 Å². The van der Waals surface area contributed by atoms with Crippen LogP contribution in [-0.2, 0) is 11.2 Å². The summed E-state index contributed by atoms with van der Waals surface area (Å²) in [6.07, 6.45) is 0.291. The predicted molar refractivity (Wildman–Crippen MR) is 79.3 cm³/mol. The molecule has 0 saturated heterocycles. The van der Waals surface area contributed by atoms with Crippen molar-refractivity contribution in [2.45, 2.75) is 27.2 Å². The van der Waals surface area contributed by atoms with Gasteiger partial charge >= 0.3 is 0 Å². The first-order valence-electron chi connectivity index (χ1n) is 6.37. The molecule has 0 atom stereocenters. The molecule has 2 rings (SSSR count). The van der Waals surface area contributed by atoms with Gasteiger partial charge in [-0.15, -0.1) is 11.3 Å². The Bertz CT molecular complexity index is 590. The fourth-order valence-electron chi connectivity index (χ4n) is 1.75. The van der Waals surface area contributed by atoms with Crippen LogP contribution in [0.3, 0.4) is 0 Å². The molecule has 20 heavy (non-hydrogen) atoms. The number of carbonyl (C=O) groups is 1. The van der Waals surface area contributed by atoms with Crippen molar-refractivity contribution in [1.82, 2.24) is 20.3 Å². The monoisotopic (exact) mass is 291 g/mol. The summed E-state index contributed by atoms with van der Waals surface area (Å²) in [7, 11) is 0. The summed E-state index contributed by atoms with van der Waals surface area (Å²) in [5.74, 6) is 0.508. The molecule has 2 N–H and O–H groups in total. The minimum atomic E-state index is -0.0213. The first kappa shape index (κ1) is 14.4. The Kier molecular flexibility index (Phi) is 4.62. The highest BCUT2D eigenvalue weighted by atomic mass is 32.1. The molecule has 0 fully saturated rings. The number of thiazole rings is 1. The van der Waals surface area contributed by atoms with E-state index < -0.39 is 0 Å². The van der Waals surface area contributed by atoms with Crippen LogP contribution in [0.5, 0.6) is 0 Å². The fraction of sp³-hybridized carbons (Fsp3) is 0.385. The van der Waals surface area contributed by atoms with Gasteiger partial charge in [0.2, 0.25) is 11.9 Å². The predicted octanol–water partition coefficient (Wildman–Crippen LogP) is 1.97. The van der Waals surface area contributed by atoms with Crippen LogP contribution in [0.25, 0.3) is 0 Å². The number of nitrogens with one attached hydrogen (secondary N) is 2. The summed E-state index contributed by atoms with van der Waals surface area (Å²) in [5.41, 5.74) is 2.55. The zero-order valence-corrected chi connectivity index (χ0v) is 12.5. The van der Waals surface area contributed by atoms with Gasteiger partial charge in [-0.2, -0.15) is 0 Å². The molecule has 0 aliphatic heterocycles. The lowest BCUT2D eigenvalue weighted by Crippen LogP contribution is -2.24. The summed E-state index contributed by atoms with van der Waals surface area (Å²) >= 11 is 1.43. The maximum absolute atomic E-state index is 11.5. The molecule has 0 unspecified atom stereocenters. The molecule has 2 aromatic rings. The lowest BCUT2D eigenvalue weighted by Gasteiger charge is -2.03. The van der Waals surface area contributed by atoms with E-state index in [4.69, 9.17) is 0 Å². The molecule has 7 heteroatoms. The van der Waals surface area contributed by atoms with E-state index in [9.17, 15) is 4.79 Å². The Labute approximate surface area is 121 Å². The third-order valence-electron chi connectivity index (χ3n) is 2.47. The van der Waals surface area contributed by atoms with Crippen molar-refractivity contribution >= 4 is 28.3 Å². The highest BCUT2D eigenvalue weighted by Gasteiger charge is 2.08. The molecular formula is C13H17N5OS. The van der Waals surface area contributed by atoms with Gasteiger partial charge in [-0.1, -0.05) is 0 Å². The molecule has 0 radical (unpaired) electrons. The molecule has 2 heterocycles. The standard InChI is InChI=1S/C13H17N5OS/c1-4-14-11(19)6-10-7-20-13(17-10)18-12-15-8(2)5-9(3)16-12/h5,7H,4,6H2,1-3H3,(H,14,19)(H,15,16,17,18). The van der Waals surface area contributed by atoms with E-state index in [0.29, 0.717) is 24.0 Å². The second-order valence-electron chi connectivity index (χ2n) is 4.37. The molecule has 0 aliphatic carbocycles. The van der Waals surface area contributed by atoms with Crippen LogP contribution in [0.2, 0.25) is 0 Å². The van der Waals surface area contributed by atoms with Gasteiger partial charge < -0.3 is 10.6 Å². The normalized spacial score (nSPS) is 10.3. The van der Waals surface area contributed by atoms with E-state index in [1.54, 1.807) is 0 Å². The number of hydrogen-bond acceptors (Lipinski definition) is 6. The molecular weight excluding hydrogens is 274 g/mol. The molecule has 0 aliphatic rings. The third-order valence-corrected chi connectivity index (χ3v) is 3.27.